The molecule has 0 spiro atoms. The SMILES string of the molecule is CC(C)(C)Oc1ccc(CNC(=O)CC2(O)CCCCC2)cn1. The Morgan fingerprint density at radius 2 is 2.00 bits per heavy atom. The number of carbonyl (C=O) groups excluding carboxylic acids is 1. The largest absolute Gasteiger partial charge is 0.472 e. The van der Waals surface area contributed by atoms with E-state index < -0.39 is 5.60 Å². The lowest BCUT2D eigenvalue weighted by atomic mass is 9.82. The molecule has 1 aromatic rings. The van der Waals surface area contributed by atoms with Gasteiger partial charge in [-0.25, -0.2) is 4.98 Å². The number of aromatic nitrogens is 1. The molecule has 0 atom stereocenters. The molecule has 2 rings (SSSR count). The van der Waals surface area contributed by atoms with E-state index in [1.165, 1.54) is 0 Å². The van der Waals surface area contributed by atoms with E-state index in [0.29, 0.717) is 12.4 Å². The van der Waals surface area contributed by atoms with Crippen molar-refractivity contribution in [1.82, 2.24) is 10.3 Å². The van der Waals surface area contributed by atoms with Crippen molar-refractivity contribution in [1.29, 1.82) is 0 Å². The summed E-state index contributed by atoms with van der Waals surface area (Å²) in [5.74, 6) is 0.466. The average molecular weight is 320 g/mol. The second-order valence-corrected chi connectivity index (χ2v) is 7.46. The molecule has 1 aliphatic rings. The number of aliphatic hydroxyl groups is 1. The van der Waals surface area contributed by atoms with Gasteiger partial charge >= 0.3 is 0 Å². The molecule has 128 valence electrons. The number of ether oxygens (including phenoxy) is 1. The Morgan fingerprint density at radius 1 is 1.30 bits per heavy atom. The zero-order valence-corrected chi connectivity index (χ0v) is 14.4. The minimum Gasteiger partial charge on any atom is -0.472 e. The van der Waals surface area contributed by atoms with E-state index in [2.05, 4.69) is 10.3 Å². The van der Waals surface area contributed by atoms with Gasteiger partial charge in [0.25, 0.3) is 0 Å². The average Bonchev–Trinajstić information content (AvgIpc) is 2.45. The van der Waals surface area contributed by atoms with Gasteiger partial charge in [0.1, 0.15) is 5.60 Å². The summed E-state index contributed by atoms with van der Waals surface area (Å²) in [7, 11) is 0. The Labute approximate surface area is 138 Å². The standard InChI is InChI=1S/C18H28N2O3/c1-17(2,3)23-16-8-7-14(13-20-16)12-19-15(21)11-18(22)9-5-4-6-10-18/h7-8,13,22H,4-6,9-12H2,1-3H3,(H,19,21). The third kappa shape index (κ3) is 6.18. The number of carbonyl (C=O) groups is 1. The third-order valence-electron chi connectivity index (χ3n) is 3.97. The van der Waals surface area contributed by atoms with Gasteiger partial charge in [-0.1, -0.05) is 25.3 Å². The first-order valence-corrected chi connectivity index (χ1v) is 8.39. The van der Waals surface area contributed by atoms with Gasteiger partial charge in [-0.2, -0.15) is 0 Å². The lowest BCUT2D eigenvalue weighted by molar-refractivity contribution is -0.127. The van der Waals surface area contributed by atoms with Crippen molar-refractivity contribution in [2.45, 2.75) is 77.0 Å². The highest BCUT2D eigenvalue weighted by atomic mass is 16.5. The van der Waals surface area contributed by atoms with E-state index in [-0.39, 0.29) is 17.9 Å². The monoisotopic (exact) mass is 320 g/mol. The zero-order valence-electron chi connectivity index (χ0n) is 14.4. The summed E-state index contributed by atoms with van der Waals surface area (Å²) in [5, 5.41) is 13.3. The van der Waals surface area contributed by atoms with Crippen LogP contribution in [0.1, 0.15) is 64.9 Å². The molecule has 0 radical (unpaired) electrons. The number of hydrogen-bond acceptors (Lipinski definition) is 4. The summed E-state index contributed by atoms with van der Waals surface area (Å²) in [6.07, 6.45) is 6.49. The van der Waals surface area contributed by atoms with Crippen LogP contribution in [0, 0.1) is 0 Å². The molecule has 1 saturated carbocycles. The Kier molecular flexibility index (Phi) is 5.63. The van der Waals surface area contributed by atoms with Gasteiger partial charge in [-0.3, -0.25) is 4.79 Å². The molecule has 0 aromatic carbocycles. The molecular formula is C18H28N2O3. The van der Waals surface area contributed by atoms with Crippen molar-refractivity contribution in [2.75, 3.05) is 0 Å². The Morgan fingerprint density at radius 3 is 2.57 bits per heavy atom. The van der Waals surface area contributed by atoms with Crippen molar-refractivity contribution >= 4 is 5.91 Å². The first kappa shape index (κ1) is 17.7. The van der Waals surface area contributed by atoms with Crippen LogP contribution in [-0.2, 0) is 11.3 Å². The van der Waals surface area contributed by atoms with Crippen LogP contribution in [0.15, 0.2) is 18.3 Å². The molecule has 1 aliphatic carbocycles. The van der Waals surface area contributed by atoms with Crippen LogP contribution in [0.5, 0.6) is 5.88 Å². The lowest BCUT2D eigenvalue weighted by Gasteiger charge is -2.31. The topological polar surface area (TPSA) is 71.5 Å². The number of nitrogens with zero attached hydrogens (tertiary/aromatic N) is 1. The summed E-state index contributed by atoms with van der Waals surface area (Å²) in [4.78, 5) is 16.3. The van der Waals surface area contributed by atoms with E-state index >= 15 is 0 Å². The van der Waals surface area contributed by atoms with E-state index in [9.17, 15) is 9.90 Å². The molecule has 1 fully saturated rings. The molecule has 0 bridgehead atoms. The van der Waals surface area contributed by atoms with Gasteiger partial charge in [-0.05, 0) is 39.2 Å². The number of rotatable bonds is 5. The second kappa shape index (κ2) is 7.30. The molecule has 2 N–H and O–H groups in total. The Bertz CT molecular complexity index is 514. The van der Waals surface area contributed by atoms with Crippen LogP contribution in [0.2, 0.25) is 0 Å². The summed E-state index contributed by atoms with van der Waals surface area (Å²) in [6, 6.07) is 3.70. The minimum absolute atomic E-state index is 0.107. The minimum atomic E-state index is -0.814. The predicted octanol–water partition coefficient (Wildman–Crippen LogP) is 2.96. The van der Waals surface area contributed by atoms with Gasteiger partial charge in [0.15, 0.2) is 0 Å². The number of pyridine rings is 1. The predicted molar refractivity (Wildman–Crippen MR) is 89.1 cm³/mol. The first-order valence-electron chi connectivity index (χ1n) is 8.39. The van der Waals surface area contributed by atoms with Gasteiger partial charge in [0.05, 0.1) is 12.0 Å². The second-order valence-electron chi connectivity index (χ2n) is 7.46. The maximum atomic E-state index is 12.0. The fourth-order valence-electron chi connectivity index (χ4n) is 2.84. The number of hydrogen-bond donors (Lipinski definition) is 2. The van der Waals surface area contributed by atoms with Crippen LogP contribution >= 0.6 is 0 Å². The lowest BCUT2D eigenvalue weighted by Crippen LogP contribution is -2.38. The van der Waals surface area contributed by atoms with E-state index in [0.717, 1.165) is 37.7 Å². The Balaban J connectivity index is 1.80. The molecule has 1 heterocycles. The van der Waals surface area contributed by atoms with Crippen molar-refractivity contribution in [2.24, 2.45) is 0 Å². The summed E-state index contributed by atoms with van der Waals surface area (Å²) in [6.45, 7) is 6.33. The summed E-state index contributed by atoms with van der Waals surface area (Å²) in [5.41, 5.74) is -0.182. The van der Waals surface area contributed by atoms with Crippen LogP contribution < -0.4 is 10.1 Å². The molecule has 23 heavy (non-hydrogen) atoms. The first-order chi connectivity index (χ1) is 10.8. The number of nitrogens with one attached hydrogen (secondary N) is 1. The molecular weight excluding hydrogens is 292 g/mol. The third-order valence-corrected chi connectivity index (χ3v) is 3.97. The van der Waals surface area contributed by atoms with Crippen molar-refractivity contribution in [3.05, 3.63) is 23.9 Å². The molecule has 5 nitrogen and oxygen atoms in total. The Hall–Kier alpha value is -1.62. The van der Waals surface area contributed by atoms with Gasteiger partial charge in [0.2, 0.25) is 11.8 Å². The van der Waals surface area contributed by atoms with Gasteiger partial charge in [-0.15, -0.1) is 0 Å². The fraction of sp³-hybridized carbons (Fsp3) is 0.667. The van der Waals surface area contributed by atoms with E-state index in [1.807, 2.05) is 26.8 Å². The highest BCUT2D eigenvalue weighted by Crippen LogP contribution is 2.30. The highest BCUT2D eigenvalue weighted by molar-refractivity contribution is 5.77. The van der Waals surface area contributed by atoms with Crippen molar-refractivity contribution < 1.29 is 14.6 Å². The van der Waals surface area contributed by atoms with E-state index in [1.54, 1.807) is 12.3 Å². The van der Waals surface area contributed by atoms with Crippen LogP contribution in [0.4, 0.5) is 0 Å². The van der Waals surface area contributed by atoms with Crippen LogP contribution in [0.25, 0.3) is 0 Å². The van der Waals surface area contributed by atoms with Crippen LogP contribution in [0.3, 0.4) is 0 Å². The maximum absolute atomic E-state index is 12.0. The molecule has 1 aromatic heterocycles. The normalized spacial score (nSPS) is 17.6. The fourth-order valence-corrected chi connectivity index (χ4v) is 2.84. The van der Waals surface area contributed by atoms with Gasteiger partial charge in [0, 0.05) is 18.8 Å². The maximum Gasteiger partial charge on any atom is 0.223 e. The molecule has 0 saturated heterocycles. The summed E-state index contributed by atoms with van der Waals surface area (Å²) >= 11 is 0. The van der Waals surface area contributed by atoms with Gasteiger partial charge < -0.3 is 15.2 Å². The summed E-state index contributed by atoms with van der Waals surface area (Å²) < 4.78 is 5.66. The zero-order chi connectivity index (χ0) is 16.9. The highest BCUT2D eigenvalue weighted by Gasteiger charge is 2.31. The molecule has 0 aliphatic heterocycles. The van der Waals surface area contributed by atoms with Crippen molar-refractivity contribution in [3.8, 4) is 5.88 Å². The molecule has 0 unspecified atom stereocenters. The number of amides is 1. The quantitative estimate of drug-likeness (QED) is 0.875. The molecule has 1 amide bonds. The van der Waals surface area contributed by atoms with Crippen molar-refractivity contribution in [3.63, 3.8) is 0 Å². The smallest absolute Gasteiger partial charge is 0.223 e. The molecule has 5 heteroatoms. The van der Waals surface area contributed by atoms with Crippen LogP contribution in [-0.4, -0.2) is 27.2 Å². The van der Waals surface area contributed by atoms with E-state index in [4.69, 9.17) is 4.74 Å².